The first-order chi connectivity index (χ1) is 12.1. The Labute approximate surface area is 151 Å². The highest BCUT2D eigenvalue weighted by Gasteiger charge is 2.12. The predicted molar refractivity (Wildman–Crippen MR) is 97.7 cm³/mol. The molecule has 0 N–H and O–H groups in total. The van der Waals surface area contributed by atoms with Crippen LogP contribution in [0.25, 0.3) is 11.4 Å². The number of ketones is 1. The van der Waals surface area contributed by atoms with Gasteiger partial charge in [-0.15, -0.1) is 10.2 Å². The van der Waals surface area contributed by atoms with E-state index >= 15 is 0 Å². The molecule has 0 aliphatic carbocycles. The van der Waals surface area contributed by atoms with Gasteiger partial charge in [0.2, 0.25) is 5.82 Å². The normalized spacial score (nSPS) is 12.1. The quantitative estimate of drug-likeness (QED) is 0.616. The number of carbonyl (C=O) groups is 1. The third-order valence-corrected chi connectivity index (χ3v) is 4.47. The van der Waals surface area contributed by atoms with Crippen molar-refractivity contribution in [1.82, 2.24) is 20.2 Å². The van der Waals surface area contributed by atoms with Gasteiger partial charge in [0.05, 0.1) is 0 Å². The number of aromatic nitrogens is 4. The number of carbonyl (C=O) groups excluding carboxylic acids is 1. The van der Waals surface area contributed by atoms with Crippen LogP contribution < -0.4 is 0 Å². The molecule has 0 radical (unpaired) electrons. The minimum atomic E-state index is -0.0502. The average molecular weight is 355 g/mol. The first kappa shape index (κ1) is 17.3. The zero-order chi connectivity index (χ0) is 17.8. The Morgan fingerprint density at radius 2 is 1.96 bits per heavy atom. The molecule has 2 aromatic carbocycles. The second kappa shape index (κ2) is 7.57. The van der Waals surface area contributed by atoms with E-state index in [2.05, 4.69) is 29.3 Å². The smallest absolute Gasteiger partial charge is 0.204 e. The van der Waals surface area contributed by atoms with E-state index < -0.39 is 0 Å². The van der Waals surface area contributed by atoms with Gasteiger partial charge >= 0.3 is 0 Å². The molecule has 0 aliphatic heterocycles. The maximum atomic E-state index is 12.4. The van der Waals surface area contributed by atoms with Crippen LogP contribution in [0.1, 0.15) is 42.1 Å². The van der Waals surface area contributed by atoms with Crippen molar-refractivity contribution in [3.8, 4) is 11.4 Å². The molecular weight excluding hydrogens is 336 g/mol. The molecule has 0 amide bonds. The molecule has 0 saturated heterocycles. The van der Waals surface area contributed by atoms with E-state index in [1.165, 1.54) is 10.4 Å². The van der Waals surface area contributed by atoms with Crippen LogP contribution in [0.15, 0.2) is 48.5 Å². The molecule has 3 aromatic rings. The maximum absolute atomic E-state index is 12.4. The van der Waals surface area contributed by atoms with E-state index in [4.69, 9.17) is 11.6 Å². The summed E-state index contributed by atoms with van der Waals surface area (Å²) in [6.07, 6.45) is 1.07. The van der Waals surface area contributed by atoms with Gasteiger partial charge < -0.3 is 0 Å². The Kier molecular flexibility index (Phi) is 5.24. The Hall–Kier alpha value is -2.53. The van der Waals surface area contributed by atoms with Crippen molar-refractivity contribution in [3.05, 3.63) is 64.7 Å². The summed E-state index contributed by atoms with van der Waals surface area (Å²) < 4.78 is 0. The zero-order valence-corrected chi connectivity index (χ0v) is 14.9. The van der Waals surface area contributed by atoms with Gasteiger partial charge in [0.1, 0.15) is 6.54 Å². The molecular formula is C19H19ClN4O. The molecule has 0 saturated carbocycles. The number of hydrogen-bond donors (Lipinski definition) is 0. The van der Waals surface area contributed by atoms with Crippen LogP contribution in [0.5, 0.6) is 0 Å². The molecule has 128 valence electrons. The molecule has 0 fully saturated rings. The third kappa shape index (κ3) is 4.12. The summed E-state index contributed by atoms with van der Waals surface area (Å²) in [6, 6.07) is 14.9. The molecule has 1 aromatic heterocycles. The Balaban J connectivity index is 1.71. The minimum absolute atomic E-state index is 0.0502. The second-order valence-corrected chi connectivity index (χ2v) is 6.44. The van der Waals surface area contributed by atoms with Gasteiger partial charge in [0, 0.05) is 16.1 Å². The van der Waals surface area contributed by atoms with Crippen LogP contribution in [0.3, 0.4) is 0 Å². The number of hydrogen-bond acceptors (Lipinski definition) is 4. The van der Waals surface area contributed by atoms with Crippen molar-refractivity contribution < 1.29 is 4.79 Å². The Morgan fingerprint density at radius 3 is 2.64 bits per heavy atom. The number of halogens is 1. The number of rotatable bonds is 6. The summed E-state index contributed by atoms with van der Waals surface area (Å²) in [5.74, 6) is 0.884. The topological polar surface area (TPSA) is 60.7 Å². The lowest BCUT2D eigenvalue weighted by molar-refractivity contribution is 0.0961. The summed E-state index contributed by atoms with van der Waals surface area (Å²) in [4.78, 5) is 13.7. The number of tetrazole rings is 1. The summed E-state index contributed by atoms with van der Waals surface area (Å²) >= 11 is 5.97. The first-order valence-electron chi connectivity index (χ1n) is 8.23. The summed E-state index contributed by atoms with van der Waals surface area (Å²) in [5, 5.41) is 12.8. The van der Waals surface area contributed by atoms with E-state index in [1.807, 2.05) is 36.4 Å². The number of benzene rings is 2. The zero-order valence-electron chi connectivity index (χ0n) is 14.2. The van der Waals surface area contributed by atoms with E-state index in [0.29, 0.717) is 22.3 Å². The molecule has 25 heavy (non-hydrogen) atoms. The van der Waals surface area contributed by atoms with Gasteiger partial charge in [-0.25, -0.2) is 0 Å². The van der Waals surface area contributed by atoms with Crippen LogP contribution in [0.4, 0.5) is 0 Å². The van der Waals surface area contributed by atoms with Crippen molar-refractivity contribution in [3.63, 3.8) is 0 Å². The van der Waals surface area contributed by atoms with E-state index in [0.717, 1.165) is 12.0 Å². The highest BCUT2D eigenvalue weighted by Crippen LogP contribution is 2.20. The highest BCUT2D eigenvalue weighted by molar-refractivity contribution is 6.30. The standard InChI is InChI=1S/C19H19ClN4O/c1-3-13(2)14-7-9-15(10-8-14)18(25)12-24-22-19(21-23-24)16-5-4-6-17(20)11-16/h4-11,13H,3,12H2,1-2H3/t13-/m0/s1. The fraction of sp³-hybridized carbons (Fsp3) is 0.263. The highest BCUT2D eigenvalue weighted by atomic mass is 35.5. The van der Waals surface area contributed by atoms with Gasteiger partial charge in [0.15, 0.2) is 5.78 Å². The van der Waals surface area contributed by atoms with Gasteiger partial charge in [-0.1, -0.05) is 61.8 Å². The molecule has 0 unspecified atom stereocenters. The SMILES string of the molecule is CC[C@H](C)c1ccc(C(=O)Cn2nnc(-c3cccc(Cl)c3)n2)cc1. The minimum Gasteiger partial charge on any atom is -0.292 e. The van der Waals surface area contributed by atoms with Crippen LogP contribution in [0.2, 0.25) is 5.02 Å². The van der Waals surface area contributed by atoms with Crippen molar-refractivity contribution >= 4 is 17.4 Å². The third-order valence-electron chi connectivity index (χ3n) is 4.23. The van der Waals surface area contributed by atoms with Crippen LogP contribution in [-0.2, 0) is 6.54 Å². The predicted octanol–water partition coefficient (Wildman–Crippen LogP) is 4.39. The monoisotopic (exact) mass is 354 g/mol. The van der Waals surface area contributed by atoms with Crippen molar-refractivity contribution in [2.45, 2.75) is 32.7 Å². The summed E-state index contributed by atoms with van der Waals surface area (Å²) in [5.41, 5.74) is 2.65. The lowest BCUT2D eigenvalue weighted by Crippen LogP contribution is -2.13. The summed E-state index contributed by atoms with van der Waals surface area (Å²) in [6.45, 7) is 4.38. The first-order valence-corrected chi connectivity index (χ1v) is 8.61. The fourth-order valence-corrected chi connectivity index (χ4v) is 2.70. The van der Waals surface area contributed by atoms with Gasteiger partial charge in [-0.05, 0) is 35.2 Å². The van der Waals surface area contributed by atoms with Crippen LogP contribution >= 0.6 is 11.6 Å². The molecule has 0 aliphatic rings. The molecule has 5 nitrogen and oxygen atoms in total. The molecule has 1 atom stereocenters. The lowest BCUT2D eigenvalue weighted by atomic mass is 9.97. The van der Waals surface area contributed by atoms with E-state index in [1.54, 1.807) is 12.1 Å². The maximum Gasteiger partial charge on any atom is 0.204 e. The Bertz CT molecular complexity index is 873. The average Bonchev–Trinajstić information content (AvgIpc) is 3.09. The summed E-state index contributed by atoms with van der Waals surface area (Å²) in [7, 11) is 0. The van der Waals surface area contributed by atoms with Crippen molar-refractivity contribution in [2.75, 3.05) is 0 Å². The number of nitrogens with zero attached hydrogens (tertiary/aromatic N) is 4. The van der Waals surface area contributed by atoms with Crippen LogP contribution in [-0.4, -0.2) is 26.0 Å². The molecule has 1 heterocycles. The van der Waals surface area contributed by atoms with Gasteiger partial charge in [-0.2, -0.15) is 4.80 Å². The van der Waals surface area contributed by atoms with Gasteiger partial charge in [0.25, 0.3) is 0 Å². The Morgan fingerprint density at radius 1 is 1.20 bits per heavy atom. The molecule has 0 bridgehead atoms. The van der Waals surface area contributed by atoms with Crippen molar-refractivity contribution in [1.29, 1.82) is 0 Å². The van der Waals surface area contributed by atoms with E-state index in [9.17, 15) is 4.79 Å². The van der Waals surface area contributed by atoms with Crippen molar-refractivity contribution in [2.24, 2.45) is 0 Å². The van der Waals surface area contributed by atoms with Crippen LogP contribution in [0, 0.1) is 0 Å². The number of Topliss-reactive ketones (excluding diaryl/α,β-unsaturated/α-hetero) is 1. The fourth-order valence-electron chi connectivity index (χ4n) is 2.51. The molecule has 0 spiro atoms. The largest absolute Gasteiger partial charge is 0.292 e. The second-order valence-electron chi connectivity index (χ2n) is 6.01. The molecule has 3 rings (SSSR count). The molecule has 6 heteroatoms. The van der Waals surface area contributed by atoms with Gasteiger partial charge in [-0.3, -0.25) is 4.79 Å². The lowest BCUT2D eigenvalue weighted by Gasteiger charge is -2.09. The van der Waals surface area contributed by atoms with E-state index in [-0.39, 0.29) is 12.3 Å².